The minimum absolute atomic E-state index is 0.0202. The Balaban J connectivity index is 2.72. The molecule has 0 aliphatic heterocycles. The smallest absolute Gasteiger partial charge is 0.307 e. The second-order valence-electron chi connectivity index (χ2n) is 3.99. The highest BCUT2D eigenvalue weighted by molar-refractivity contribution is 7.89. The van der Waals surface area contributed by atoms with Gasteiger partial charge in [-0.25, -0.2) is 13.1 Å². The summed E-state index contributed by atoms with van der Waals surface area (Å²) in [5.41, 5.74) is 0. The summed E-state index contributed by atoms with van der Waals surface area (Å²) in [6, 6.07) is 5.37. The summed E-state index contributed by atoms with van der Waals surface area (Å²) in [6.45, 7) is 3.56. The molecule has 0 heterocycles. The van der Waals surface area contributed by atoms with Crippen LogP contribution in [0, 0.1) is 0 Å². The van der Waals surface area contributed by atoms with E-state index in [0.29, 0.717) is 5.02 Å². The first kappa shape index (κ1) is 15.9. The summed E-state index contributed by atoms with van der Waals surface area (Å²) in [5, 5.41) is 0.334. The van der Waals surface area contributed by atoms with Crippen LogP contribution in [0.25, 0.3) is 0 Å². The second-order valence-corrected chi connectivity index (χ2v) is 6.14. The van der Waals surface area contributed by atoms with E-state index < -0.39 is 22.0 Å². The van der Waals surface area contributed by atoms with E-state index in [1.54, 1.807) is 26.0 Å². The van der Waals surface area contributed by atoms with Crippen molar-refractivity contribution in [3.8, 4) is 0 Å². The molecule has 1 rings (SSSR count). The Morgan fingerprint density at radius 1 is 1.47 bits per heavy atom. The molecule has 1 aromatic carbocycles. The predicted molar refractivity (Wildman–Crippen MR) is 72.5 cm³/mol. The molecular weight excluding hydrogens is 290 g/mol. The molecule has 0 bridgehead atoms. The van der Waals surface area contributed by atoms with Crippen LogP contribution in [0.4, 0.5) is 0 Å². The molecule has 19 heavy (non-hydrogen) atoms. The number of halogens is 1. The fourth-order valence-electron chi connectivity index (χ4n) is 1.48. The maximum Gasteiger partial charge on any atom is 0.307 e. The molecule has 1 N–H and O–H groups in total. The third-order valence-corrected chi connectivity index (χ3v) is 4.06. The lowest BCUT2D eigenvalue weighted by Gasteiger charge is -2.13. The normalized spacial score (nSPS) is 13.0. The van der Waals surface area contributed by atoms with Crippen molar-refractivity contribution in [2.75, 3.05) is 6.61 Å². The van der Waals surface area contributed by atoms with Gasteiger partial charge in [-0.2, -0.15) is 0 Å². The minimum Gasteiger partial charge on any atom is -0.466 e. The van der Waals surface area contributed by atoms with Crippen LogP contribution in [0.2, 0.25) is 5.02 Å². The number of ether oxygens (including phenoxy) is 1. The van der Waals surface area contributed by atoms with E-state index in [1.165, 1.54) is 12.1 Å². The van der Waals surface area contributed by atoms with Gasteiger partial charge in [0.15, 0.2) is 0 Å². The van der Waals surface area contributed by atoms with Crippen LogP contribution >= 0.6 is 11.6 Å². The summed E-state index contributed by atoms with van der Waals surface area (Å²) in [4.78, 5) is 11.3. The quantitative estimate of drug-likeness (QED) is 0.815. The zero-order chi connectivity index (χ0) is 14.5. The Morgan fingerprint density at radius 2 is 2.16 bits per heavy atom. The van der Waals surface area contributed by atoms with Gasteiger partial charge < -0.3 is 4.74 Å². The van der Waals surface area contributed by atoms with E-state index >= 15 is 0 Å². The molecule has 1 unspecified atom stereocenters. The highest BCUT2D eigenvalue weighted by atomic mass is 35.5. The molecule has 0 fully saturated rings. The zero-order valence-electron chi connectivity index (χ0n) is 10.7. The van der Waals surface area contributed by atoms with E-state index in [9.17, 15) is 13.2 Å². The Kier molecular flexibility index (Phi) is 5.78. The van der Waals surface area contributed by atoms with E-state index in [0.717, 1.165) is 0 Å². The highest BCUT2D eigenvalue weighted by Crippen LogP contribution is 2.15. The van der Waals surface area contributed by atoms with E-state index in [2.05, 4.69) is 4.72 Å². The average molecular weight is 306 g/mol. The van der Waals surface area contributed by atoms with Crippen molar-refractivity contribution in [3.63, 3.8) is 0 Å². The Bertz CT molecular complexity index is 544. The maximum absolute atomic E-state index is 12.0. The monoisotopic (exact) mass is 305 g/mol. The molecule has 0 saturated heterocycles. The van der Waals surface area contributed by atoms with Gasteiger partial charge >= 0.3 is 5.97 Å². The Hall–Kier alpha value is -1.11. The van der Waals surface area contributed by atoms with Crippen LogP contribution in [0.1, 0.15) is 20.3 Å². The summed E-state index contributed by atoms with van der Waals surface area (Å²) >= 11 is 5.75. The lowest BCUT2D eigenvalue weighted by atomic mass is 10.3. The summed E-state index contributed by atoms with van der Waals surface area (Å²) in [7, 11) is -3.68. The van der Waals surface area contributed by atoms with Crippen LogP contribution in [0.15, 0.2) is 29.2 Å². The van der Waals surface area contributed by atoms with Crippen LogP contribution in [-0.2, 0) is 19.6 Å². The third-order valence-electron chi connectivity index (χ3n) is 2.24. The molecule has 0 amide bonds. The van der Waals surface area contributed by atoms with Gasteiger partial charge in [-0.15, -0.1) is 0 Å². The molecule has 7 heteroatoms. The van der Waals surface area contributed by atoms with E-state index in [-0.39, 0.29) is 17.9 Å². The molecule has 1 atom stereocenters. The van der Waals surface area contributed by atoms with Crippen molar-refractivity contribution in [2.24, 2.45) is 0 Å². The van der Waals surface area contributed by atoms with E-state index in [1.807, 2.05) is 0 Å². The van der Waals surface area contributed by atoms with Gasteiger partial charge in [0.2, 0.25) is 10.0 Å². The molecule has 0 radical (unpaired) electrons. The summed E-state index contributed by atoms with van der Waals surface area (Å²) < 4.78 is 31.2. The molecule has 5 nitrogen and oxygen atoms in total. The number of rotatable bonds is 6. The molecular formula is C12H16ClNO4S. The molecule has 0 spiro atoms. The zero-order valence-corrected chi connectivity index (χ0v) is 12.3. The topological polar surface area (TPSA) is 72.5 Å². The van der Waals surface area contributed by atoms with Gasteiger partial charge in [0, 0.05) is 11.1 Å². The average Bonchev–Trinajstić information content (AvgIpc) is 2.28. The first-order chi connectivity index (χ1) is 8.85. The van der Waals surface area contributed by atoms with Crippen molar-refractivity contribution >= 4 is 27.6 Å². The summed E-state index contributed by atoms with van der Waals surface area (Å²) in [5.74, 6) is -0.441. The molecule has 0 aliphatic rings. The van der Waals surface area contributed by atoms with Gasteiger partial charge in [0.25, 0.3) is 0 Å². The number of carbonyl (C=O) groups is 1. The van der Waals surface area contributed by atoms with Crippen LogP contribution in [0.5, 0.6) is 0 Å². The van der Waals surface area contributed by atoms with Gasteiger partial charge in [-0.1, -0.05) is 17.7 Å². The molecule has 1 aromatic rings. The van der Waals surface area contributed by atoms with Gasteiger partial charge in [0.05, 0.1) is 17.9 Å². The summed E-state index contributed by atoms with van der Waals surface area (Å²) in [6.07, 6.45) is -0.0202. The number of hydrogen-bond acceptors (Lipinski definition) is 4. The van der Waals surface area contributed by atoms with Gasteiger partial charge in [0.1, 0.15) is 0 Å². The van der Waals surface area contributed by atoms with E-state index in [4.69, 9.17) is 16.3 Å². The lowest BCUT2D eigenvalue weighted by Crippen LogP contribution is -2.34. The van der Waals surface area contributed by atoms with Gasteiger partial charge in [-0.05, 0) is 32.0 Å². The molecule has 106 valence electrons. The number of sulfonamides is 1. The Morgan fingerprint density at radius 3 is 2.74 bits per heavy atom. The fraction of sp³-hybridized carbons (Fsp3) is 0.417. The first-order valence-corrected chi connectivity index (χ1v) is 7.64. The number of esters is 1. The van der Waals surface area contributed by atoms with Crippen molar-refractivity contribution in [2.45, 2.75) is 31.2 Å². The van der Waals surface area contributed by atoms with Gasteiger partial charge in [-0.3, -0.25) is 4.79 Å². The fourth-order valence-corrected chi connectivity index (χ4v) is 3.02. The number of carbonyl (C=O) groups excluding carboxylic acids is 1. The lowest BCUT2D eigenvalue weighted by molar-refractivity contribution is -0.143. The molecule has 0 aromatic heterocycles. The standard InChI is InChI=1S/C12H16ClNO4S/c1-3-18-12(15)7-9(2)14-19(16,17)11-6-4-5-10(13)8-11/h4-6,8-9,14H,3,7H2,1-2H3. The predicted octanol–water partition coefficient (Wildman–Crippen LogP) is 1.96. The second kappa shape index (κ2) is 6.88. The van der Waals surface area contributed by atoms with Crippen molar-refractivity contribution in [1.82, 2.24) is 4.72 Å². The van der Waals surface area contributed by atoms with Crippen LogP contribution in [0.3, 0.4) is 0 Å². The number of benzene rings is 1. The number of nitrogens with one attached hydrogen (secondary N) is 1. The van der Waals surface area contributed by atoms with Crippen molar-refractivity contribution < 1.29 is 17.9 Å². The SMILES string of the molecule is CCOC(=O)CC(C)NS(=O)(=O)c1cccc(Cl)c1. The highest BCUT2D eigenvalue weighted by Gasteiger charge is 2.19. The first-order valence-electron chi connectivity index (χ1n) is 5.78. The largest absolute Gasteiger partial charge is 0.466 e. The molecule has 0 aliphatic carbocycles. The van der Waals surface area contributed by atoms with Crippen LogP contribution < -0.4 is 4.72 Å². The van der Waals surface area contributed by atoms with Crippen LogP contribution in [-0.4, -0.2) is 27.0 Å². The Labute approximate surface area is 118 Å². The molecule has 0 saturated carbocycles. The third kappa shape index (κ3) is 5.18. The number of hydrogen-bond donors (Lipinski definition) is 1. The van der Waals surface area contributed by atoms with Crippen molar-refractivity contribution in [3.05, 3.63) is 29.3 Å². The maximum atomic E-state index is 12.0. The minimum atomic E-state index is -3.68. The van der Waals surface area contributed by atoms with Crippen molar-refractivity contribution in [1.29, 1.82) is 0 Å².